The molecule has 0 fully saturated rings. The number of hydrogen-bond donors (Lipinski definition) is 0. The molecule has 0 heterocycles. The van der Waals surface area contributed by atoms with Crippen LogP contribution in [0.1, 0.15) is 66.2 Å². The van der Waals surface area contributed by atoms with Crippen molar-refractivity contribution in [1.29, 1.82) is 0 Å². The number of carbonyl (C=O) groups is 1. The van der Waals surface area contributed by atoms with E-state index in [-0.39, 0.29) is 12.1 Å². The summed E-state index contributed by atoms with van der Waals surface area (Å²) < 4.78 is 5.30. The van der Waals surface area contributed by atoms with Crippen molar-refractivity contribution < 1.29 is 9.53 Å². The first-order valence-corrected chi connectivity index (χ1v) is 6.49. The SMILES string of the molecule is CCCCC/C=C(\C)C(=O)OC(C)CCC. The number of allylic oxidation sites excluding steroid dienone is 1. The van der Waals surface area contributed by atoms with Gasteiger partial charge in [-0.25, -0.2) is 4.79 Å². The van der Waals surface area contributed by atoms with Crippen molar-refractivity contribution in [2.75, 3.05) is 0 Å². The van der Waals surface area contributed by atoms with Gasteiger partial charge in [-0.2, -0.15) is 0 Å². The highest BCUT2D eigenvalue weighted by Crippen LogP contribution is 2.08. The molecule has 2 heteroatoms. The smallest absolute Gasteiger partial charge is 0.333 e. The molecule has 0 saturated carbocycles. The molecule has 0 N–H and O–H groups in total. The Kier molecular flexibility index (Phi) is 8.97. The van der Waals surface area contributed by atoms with E-state index in [0.29, 0.717) is 0 Å². The van der Waals surface area contributed by atoms with Crippen LogP contribution in [0.25, 0.3) is 0 Å². The highest BCUT2D eigenvalue weighted by molar-refractivity contribution is 5.87. The van der Waals surface area contributed by atoms with Crippen LogP contribution in [-0.4, -0.2) is 12.1 Å². The number of ether oxygens (including phenoxy) is 1. The third-order valence-corrected chi connectivity index (χ3v) is 2.58. The van der Waals surface area contributed by atoms with E-state index in [1.165, 1.54) is 12.8 Å². The van der Waals surface area contributed by atoms with Crippen LogP contribution < -0.4 is 0 Å². The van der Waals surface area contributed by atoms with Crippen molar-refractivity contribution in [2.24, 2.45) is 0 Å². The second kappa shape index (κ2) is 9.44. The molecular formula is C14H26O2. The minimum absolute atomic E-state index is 0.0384. The summed E-state index contributed by atoms with van der Waals surface area (Å²) in [6.45, 7) is 8.06. The Bertz CT molecular complexity index is 219. The lowest BCUT2D eigenvalue weighted by atomic mass is 10.1. The summed E-state index contributed by atoms with van der Waals surface area (Å²) in [6.07, 6.45) is 8.61. The number of carbonyl (C=O) groups excluding carboxylic acids is 1. The van der Waals surface area contributed by atoms with Gasteiger partial charge < -0.3 is 4.74 Å². The van der Waals surface area contributed by atoms with Crippen LogP contribution in [0.4, 0.5) is 0 Å². The lowest BCUT2D eigenvalue weighted by Crippen LogP contribution is -2.15. The zero-order valence-corrected chi connectivity index (χ0v) is 11.2. The quantitative estimate of drug-likeness (QED) is 0.351. The molecule has 0 aliphatic rings. The van der Waals surface area contributed by atoms with E-state index >= 15 is 0 Å². The molecule has 2 nitrogen and oxygen atoms in total. The maximum Gasteiger partial charge on any atom is 0.333 e. The molecule has 0 amide bonds. The van der Waals surface area contributed by atoms with Crippen molar-refractivity contribution in [3.05, 3.63) is 11.6 Å². The van der Waals surface area contributed by atoms with Gasteiger partial charge in [-0.1, -0.05) is 39.2 Å². The summed E-state index contributed by atoms with van der Waals surface area (Å²) in [6, 6.07) is 0. The minimum atomic E-state index is -0.155. The first-order chi connectivity index (χ1) is 7.61. The Hall–Kier alpha value is -0.790. The van der Waals surface area contributed by atoms with Crippen molar-refractivity contribution in [3.63, 3.8) is 0 Å². The van der Waals surface area contributed by atoms with E-state index in [1.807, 2.05) is 19.9 Å². The van der Waals surface area contributed by atoms with Crippen LogP contribution in [0.2, 0.25) is 0 Å². The summed E-state index contributed by atoms with van der Waals surface area (Å²) in [5.41, 5.74) is 0.749. The highest BCUT2D eigenvalue weighted by atomic mass is 16.5. The Labute approximate surface area is 100 Å². The van der Waals surface area contributed by atoms with Gasteiger partial charge in [-0.15, -0.1) is 0 Å². The molecule has 0 aliphatic heterocycles. The van der Waals surface area contributed by atoms with Crippen molar-refractivity contribution in [2.45, 2.75) is 72.3 Å². The average molecular weight is 226 g/mol. The first kappa shape index (κ1) is 15.2. The molecule has 1 atom stereocenters. The third kappa shape index (κ3) is 7.49. The Morgan fingerprint density at radius 3 is 2.50 bits per heavy atom. The zero-order valence-electron chi connectivity index (χ0n) is 11.2. The lowest BCUT2D eigenvalue weighted by molar-refractivity contribution is -0.143. The standard InChI is InChI=1S/C14H26O2/c1-5-7-8-9-11-12(3)14(15)16-13(4)10-6-2/h11,13H,5-10H2,1-4H3/b12-11+. The molecule has 1 unspecified atom stereocenters. The maximum absolute atomic E-state index is 11.6. The fourth-order valence-corrected chi connectivity index (χ4v) is 1.54. The van der Waals surface area contributed by atoms with Crippen LogP contribution in [-0.2, 0) is 9.53 Å². The topological polar surface area (TPSA) is 26.3 Å². The van der Waals surface area contributed by atoms with Gasteiger partial charge in [0.05, 0.1) is 6.10 Å². The first-order valence-electron chi connectivity index (χ1n) is 6.49. The molecule has 0 rings (SSSR count). The summed E-state index contributed by atoms with van der Waals surface area (Å²) in [5, 5.41) is 0. The molecular weight excluding hydrogens is 200 g/mol. The largest absolute Gasteiger partial charge is 0.459 e. The predicted octanol–water partition coefficient (Wildman–Crippen LogP) is 4.24. The van der Waals surface area contributed by atoms with E-state index in [4.69, 9.17) is 4.74 Å². The molecule has 94 valence electrons. The van der Waals surface area contributed by atoms with Crippen molar-refractivity contribution in [1.82, 2.24) is 0 Å². The molecule has 0 aromatic rings. The second-order valence-electron chi connectivity index (χ2n) is 4.39. The Morgan fingerprint density at radius 2 is 1.94 bits per heavy atom. The summed E-state index contributed by atoms with van der Waals surface area (Å²) in [4.78, 5) is 11.6. The van der Waals surface area contributed by atoms with Crippen LogP contribution in [0.15, 0.2) is 11.6 Å². The fourth-order valence-electron chi connectivity index (χ4n) is 1.54. The molecule has 0 radical (unpaired) electrons. The van der Waals surface area contributed by atoms with E-state index in [0.717, 1.165) is 31.3 Å². The third-order valence-electron chi connectivity index (χ3n) is 2.58. The van der Waals surface area contributed by atoms with Crippen LogP contribution in [0.3, 0.4) is 0 Å². The van der Waals surface area contributed by atoms with E-state index in [1.54, 1.807) is 0 Å². The average Bonchev–Trinajstić information content (AvgIpc) is 2.24. The number of rotatable bonds is 8. The van der Waals surface area contributed by atoms with Gasteiger partial charge in [-0.05, 0) is 33.1 Å². The minimum Gasteiger partial charge on any atom is -0.459 e. The van der Waals surface area contributed by atoms with E-state index < -0.39 is 0 Å². The second-order valence-corrected chi connectivity index (χ2v) is 4.39. The highest BCUT2D eigenvalue weighted by Gasteiger charge is 2.09. The van der Waals surface area contributed by atoms with E-state index in [9.17, 15) is 4.79 Å². The van der Waals surface area contributed by atoms with Crippen LogP contribution in [0.5, 0.6) is 0 Å². The van der Waals surface area contributed by atoms with Gasteiger partial charge in [0.25, 0.3) is 0 Å². The van der Waals surface area contributed by atoms with E-state index in [2.05, 4.69) is 13.8 Å². The number of hydrogen-bond acceptors (Lipinski definition) is 2. The molecule has 0 saturated heterocycles. The number of unbranched alkanes of at least 4 members (excludes halogenated alkanes) is 3. The Balaban J connectivity index is 3.87. The summed E-state index contributed by atoms with van der Waals surface area (Å²) in [5.74, 6) is -0.155. The summed E-state index contributed by atoms with van der Waals surface area (Å²) in [7, 11) is 0. The maximum atomic E-state index is 11.6. The van der Waals surface area contributed by atoms with Gasteiger partial charge in [0.1, 0.15) is 0 Å². The van der Waals surface area contributed by atoms with Gasteiger partial charge in [-0.3, -0.25) is 0 Å². The lowest BCUT2D eigenvalue weighted by Gasteiger charge is -2.12. The molecule has 0 bridgehead atoms. The summed E-state index contributed by atoms with van der Waals surface area (Å²) >= 11 is 0. The molecule has 0 aromatic carbocycles. The molecule has 0 spiro atoms. The Morgan fingerprint density at radius 1 is 1.25 bits per heavy atom. The van der Waals surface area contributed by atoms with Crippen LogP contribution in [0, 0.1) is 0 Å². The normalized spacial score (nSPS) is 13.6. The van der Waals surface area contributed by atoms with Crippen molar-refractivity contribution in [3.8, 4) is 0 Å². The predicted molar refractivity (Wildman–Crippen MR) is 68.4 cm³/mol. The van der Waals surface area contributed by atoms with Crippen LogP contribution >= 0.6 is 0 Å². The zero-order chi connectivity index (χ0) is 12.4. The van der Waals surface area contributed by atoms with Gasteiger partial charge >= 0.3 is 5.97 Å². The number of esters is 1. The monoisotopic (exact) mass is 226 g/mol. The molecule has 0 aromatic heterocycles. The van der Waals surface area contributed by atoms with Crippen molar-refractivity contribution >= 4 is 5.97 Å². The van der Waals surface area contributed by atoms with Gasteiger partial charge in [0.2, 0.25) is 0 Å². The van der Waals surface area contributed by atoms with Gasteiger partial charge in [0.15, 0.2) is 0 Å². The fraction of sp³-hybridized carbons (Fsp3) is 0.786. The molecule has 0 aliphatic carbocycles. The molecule has 16 heavy (non-hydrogen) atoms. The van der Waals surface area contributed by atoms with Gasteiger partial charge in [0, 0.05) is 5.57 Å².